The van der Waals surface area contributed by atoms with E-state index in [2.05, 4.69) is 15.3 Å². The summed E-state index contributed by atoms with van der Waals surface area (Å²) in [4.78, 5) is 20.9. The third-order valence-electron chi connectivity index (χ3n) is 5.58. The second-order valence-electron chi connectivity index (χ2n) is 8.38. The van der Waals surface area contributed by atoms with Crippen molar-refractivity contribution < 1.29 is 22.4 Å². The van der Waals surface area contributed by atoms with Crippen molar-refractivity contribution in [3.05, 3.63) is 52.5 Å². The number of amidine groups is 1. The van der Waals surface area contributed by atoms with Crippen molar-refractivity contribution >= 4 is 45.8 Å². The molecule has 2 atom stereocenters. The number of thioether (sulfide) groups is 1. The second kappa shape index (κ2) is 9.13. The van der Waals surface area contributed by atoms with Crippen LogP contribution in [0.4, 0.5) is 23.2 Å². The number of carbonyl (C=O) groups excluding carboxylic acids is 1. The Morgan fingerprint density at radius 2 is 2.03 bits per heavy atom. The van der Waals surface area contributed by atoms with Crippen LogP contribution in [0.25, 0.3) is 0 Å². The Hall–Kier alpha value is -2.33. The topological polar surface area (TPSA) is 79.8 Å². The molecule has 1 unspecified atom stereocenters. The Morgan fingerprint density at radius 1 is 1.33 bits per heavy atom. The Bertz CT molecular complexity index is 1100. The molecule has 1 amide bonds. The predicted molar refractivity (Wildman–Crippen MR) is 125 cm³/mol. The van der Waals surface area contributed by atoms with Gasteiger partial charge in [-0.2, -0.15) is 13.2 Å². The zero-order chi connectivity index (χ0) is 24.6. The van der Waals surface area contributed by atoms with Crippen LogP contribution >= 0.6 is 23.4 Å². The summed E-state index contributed by atoms with van der Waals surface area (Å²) in [6.45, 7) is 5.83. The number of anilines is 1. The molecule has 1 aromatic rings. The number of amides is 1. The first-order valence-electron chi connectivity index (χ1n) is 10.1. The van der Waals surface area contributed by atoms with Crippen molar-refractivity contribution in [1.82, 2.24) is 0 Å². The normalized spacial score (nSPS) is 25.9. The smallest absolute Gasteiger partial charge is 0.378 e. The molecule has 0 bridgehead atoms. The van der Waals surface area contributed by atoms with Gasteiger partial charge in [-0.05, 0) is 51.0 Å². The number of rotatable bonds is 4. The van der Waals surface area contributed by atoms with Crippen molar-refractivity contribution in [2.24, 2.45) is 15.7 Å². The molecule has 0 saturated heterocycles. The fourth-order valence-corrected chi connectivity index (χ4v) is 5.29. The number of nitrogens with zero attached hydrogens (tertiary/aromatic N) is 2. The molecule has 3 N–H and O–H groups in total. The first kappa shape index (κ1) is 25.3. The van der Waals surface area contributed by atoms with E-state index in [0.29, 0.717) is 17.8 Å². The Kier molecular flexibility index (Phi) is 7.00. The molecule has 2 heterocycles. The van der Waals surface area contributed by atoms with Gasteiger partial charge in [-0.3, -0.25) is 14.8 Å². The Balaban J connectivity index is 1.90. The maximum atomic E-state index is 14.8. The molecule has 0 radical (unpaired) electrons. The van der Waals surface area contributed by atoms with E-state index < -0.39 is 29.0 Å². The molecule has 0 saturated carbocycles. The average Bonchev–Trinajstić information content (AvgIpc) is 2.90. The standard InChI is InChI=1S/C22H23ClF4N4OS/c1-4-20(2)11-21(3,31-19(28)33-20)15-9-14(5-6-16(15)24)30-18(32)17-8-13(23)7-12(10-29-17)22(25,26)27/h5-7,9-10H,4,8,11H2,1-3H3,(H2,28,31)(H,30,32)/t20?,21-/m0/s1. The van der Waals surface area contributed by atoms with E-state index in [4.69, 9.17) is 17.3 Å². The lowest BCUT2D eigenvalue weighted by Gasteiger charge is -2.41. The zero-order valence-electron chi connectivity index (χ0n) is 18.2. The molecule has 2 aliphatic rings. The summed E-state index contributed by atoms with van der Waals surface area (Å²) >= 11 is 7.31. The minimum Gasteiger partial charge on any atom is -0.378 e. The van der Waals surface area contributed by atoms with Crippen LogP contribution in [0, 0.1) is 5.82 Å². The summed E-state index contributed by atoms with van der Waals surface area (Å²) < 4.78 is 53.5. The van der Waals surface area contributed by atoms with E-state index in [-0.39, 0.29) is 33.2 Å². The van der Waals surface area contributed by atoms with Crippen LogP contribution in [-0.4, -0.2) is 27.7 Å². The highest BCUT2D eigenvalue weighted by molar-refractivity contribution is 8.15. The fourth-order valence-electron chi connectivity index (χ4n) is 3.80. The number of halogens is 5. The van der Waals surface area contributed by atoms with Gasteiger partial charge in [0, 0.05) is 33.7 Å². The minimum absolute atomic E-state index is 0.180. The third-order valence-corrected chi connectivity index (χ3v) is 7.04. The van der Waals surface area contributed by atoms with Gasteiger partial charge in [0.05, 0.1) is 11.1 Å². The molecular weight excluding hydrogens is 480 g/mol. The van der Waals surface area contributed by atoms with Gasteiger partial charge < -0.3 is 11.1 Å². The average molecular weight is 503 g/mol. The quantitative estimate of drug-likeness (QED) is 0.494. The fraction of sp³-hybridized carbons (Fsp3) is 0.409. The van der Waals surface area contributed by atoms with Gasteiger partial charge in [0.15, 0.2) is 5.17 Å². The Morgan fingerprint density at radius 3 is 2.67 bits per heavy atom. The van der Waals surface area contributed by atoms with E-state index in [1.165, 1.54) is 30.0 Å². The molecule has 0 aliphatic carbocycles. The molecule has 5 nitrogen and oxygen atoms in total. The summed E-state index contributed by atoms with van der Waals surface area (Å²) in [5.74, 6) is -1.25. The van der Waals surface area contributed by atoms with Crippen molar-refractivity contribution in [3.8, 4) is 0 Å². The number of benzene rings is 1. The van der Waals surface area contributed by atoms with Crippen LogP contribution in [0.2, 0.25) is 0 Å². The molecule has 178 valence electrons. The molecular formula is C22H23ClF4N4OS. The number of nitrogens with one attached hydrogen (secondary N) is 1. The van der Waals surface area contributed by atoms with Gasteiger partial charge >= 0.3 is 6.18 Å². The van der Waals surface area contributed by atoms with E-state index >= 15 is 0 Å². The molecule has 0 aromatic heterocycles. The van der Waals surface area contributed by atoms with Crippen LogP contribution in [0.15, 0.2) is 51.1 Å². The largest absolute Gasteiger partial charge is 0.417 e. The van der Waals surface area contributed by atoms with E-state index in [1.54, 1.807) is 6.92 Å². The highest BCUT2D eigenvalue weighted by atomic mass is 35.5. The molecule has 3 rings (SSSR count). The number of aliphatic imine (C=N–C) groups is 2. The molecule has 11 heteroatoms. The minimum atomic E-state index is -4.65. The van der Waals surface area contributed by atoms with Crippen LogP contribution in [0.3, 0.4) is 0 Å². The summed E-state index contributed by atoms with van der Waals surface area (Å²) in [5, 5.41) is 2.74. The van der Waals surface area contributed by atoms with Gasteiger partial charge in [0.1, 0.15) is 11.5 Å². The van der Waals surface area contributed by atoms with E-state index in [9.17, 15) is 22.4 Å². The monoisotopic (exact) mass is 502 g/mol. The lowest BCUT2D eigenvalue weighted by molar-refractivity contribution is -0.110. The molecule has 0 spiro atoms. The number of alkyl halides is 3. The maximum Gasteiger partial charge on any atom is 0.417 e. The summed E-state index contributed by atoms with van der Waals surface area (Å²) in [7, 11) is 0. The van der Waals surface area contributed by atoms with Gasteiger partial charge in [0.25, 0.3) is 5.91 Å². The van der Waals surface area contributed by atoms with Gasteiger partial charge in [0.2, 0.25) is 0 Å². The van der Waals surface area contributed by atoms with Crippen LogP contribution in [0.5, 0.6) is 0 Å². The number of hydrogen-bond donors (Lipinski definition) is 2. The summed E-state index contributed by atoms with van der Waals surface area (Å²) in [5.41, 5.74) is 4.31. The number of nitrogens with two attached hydrogens (primary N) is 1. The van der Waals surface area contributed by atoms with Crippen molar-refractivity contribution in [2.75, 3.05) is 5.32 Å². The second-order valence-corrected chi connectivity index (χ2v) is 10.5. The van der Waals surface area contributed by atoms with Crippen LogP contribution in [-0.2, 0) is 10.3 Å². The zero-order valence-corrected chi connectivity index (χ0v) is 19.8. The van der Waals surface area contributed by atoms with E-state index in [1.807, 2.05) is 13.8 Å². The summed E-state index contributed by atoms with van der Waals surface area (Å²) in [6.07, 6.45) is -2.31. The van der Waals surface area contributed by atoms with Gasteiger partial charge in [-0.15, -0.1) is 0 Å². The van der Waals surface area contributed by atoms with Crippen LogP contribution in [0.1, 0.15) is 45.6 Å². The van der Waals surface area contributed by atoms with Gasteiger partial charge in [-0.1, -0.05) is 30.3 Å². The van der Waals surface area contributed by atoms with Gasteiger partial charge in [-0.25, -0.2) is 4.39 Å². The van der Waals surface area contributed by atoms with E-state index in [0.717, 1.165) is 12.5 Å². The third kappa shape index (κ3) is 5.78. The van der Waals surface area contributed by atoms with Crippen molar-refractivity contribution in [3.63, 3.8) is 0 Å². The SMILES string of the molecule is CCC1(C)C[C@@](C)(c2cc(NC(=O)C3=NC=C(C(F)(F)F)C=C(Cl)C3)ccc2F)N=C(N)S1. The van der Waals surface area contributed by atoms with Crippen LogP contribution < -0.4 is 11.1 Å². The summed E-state index contributed by atoms with van der Waals surface area (Å²) in [6, 6.07) is 4.02. The number of hydrogen-bond acceptors (Lipinski definition) is 5. The molecule has 0 fully saturated rings. The maximum absolute atomic E-state index is 14.8. The molecule has 33 heavy (non-hydrogen) atoms. The molecule has 1 aromatic carbocycles. The lowest BCUT2D eigenvalue weighted by Crippen LogP contribution is -2.40. The first-order chi connectivity index (χ1) is 15.2. The highest BCUT2D eigenvalue weighted by Crippen LogP contribution is 2.47. The first-order valence-corrected chi connectivity index (χ1v) is 11.3. The number of allylic oxidation sites excluding steroid dienone is 3. The number of carbonyl (C=O) groups is 1. The Labute approximate surface area is 198 Å². The van der Waals surface area contributed by atoms with Crippen molar-refractivity contribution in [2.45, 2.75) is 56.5 Å². The lowest BCUT2D eigenvalue weighted by atomic mass is 9.82. The predicted octanol–water partition coefficient (Wildman–Crippen LogP) is 6.01. The highest BCUT2D eigenvalue weighted by Gasteiger charge is 2.42. The van der Waals surface area contributed by atoms with Crippen molar-refractivity contribution in [1.29, 1.82) is 0 Å². The molecule has 2 aliphatic heterocycles.